The lowest BCUT2D eigenvalue weighted by atomic mass is 9.57. The van der Waals surface area contributed by atoms with Crippen LogP contribution in [0.15, 0.2) is 0 Å². The number of ketones is 5. The van der Waals surface area contributed by atoms with Crippen molar-refractivity contribution >= 4 is 28.9 Å². The van der Waals surface area contributed by atoms with Gasteiger partial charge in [-0.1, -0.05) is 0 Å². The van der Waals surface area contributed by atoms with Gasteiger partial charge in [0.05, 0.1) is 6.61 Å². The molecule has 0 radical (unpaired) electrons. The van der Waals surface area contributed by atoms with Gasteiger partial charge in [0.25, 0.3) is 0 Å². The molecule has 3 atom stereocenters. The molecule has 0 fully saturated rings. The smallest absolute Gasteiger partial charge is 0.220 e. The van der Waals surface area contributed by atoms with Crippen LogP contribution in [0.3, 0.4) is 0 Å². The normalized spacial score (nSPS) is 19.1. The van der Waals surface area contributed by atoms with Crippen LogP contribution in [0.25, 0.3) is 0 Å². The first-order chi connectivity index (χ1) is 11.0. The molecule has 10 nitrogen and oxygen atoms in total. The van der Waals surface area contributed by atoms with E-state index in [-0.39, 0.29) is 0 Å². The molecule has 142 valence electrons. The van der Waals surface area contributed by atoms with Gasteiger partial charge in [0.15, 0.2) is 34.5 Å². The molecule has 0 saturated heterocycles. The van der Waals surface area contributed by atoms with Gasteiger partial charge in [-0.3, -0.25) is 24.0 Å². The summed E-state index contributed by atoms with van der Waals surface area (Å²) in [7, 11) is 0. The third-order valence-corrected chi connectivity index (χ3v) is 4.50. The minimum atomic E-state index is -3.97. The number of carbonyl (C=O) groups excluding carboxylic acids is 5. The van der Waals surface area contributed by atoms with Gasteiger partial charge in [-0.05, 0) is 34.6 Å². The molecule has 0 rings (SSSR count). The van der Waals surface area contributed by atoms with Crippen LogP contribution < -0.4 is 0 Å². The van der Waals surface area contributed by atoms with Crippen molar-refractivity contribution in [2.45, 2.75) is 57.0 Å². The van der Waals surface area contributed by atoms with E-state index in [0.717, 1.165) is 0 Å². The van der Waals surface area contributed by atoms with Crippen molar-refractivity contribution in [3.8, 4) is 0 Å². The number of aliphatic hydroxyl groups excluding tert-OH is 1. The molecule has 0 aromatic heterocycles. The molecule has 0 aliphatic carbocycles. The number of aliphatic hydroxyl groups is 5. The SMILES string of the molecule is CC(=O)C(O)(C(C)=O)[C@](O)(C(C)=O)[C@@](O)(C(C)=O)[C@](O)(CO)C(C)=O. The Morgan fingerprint density at radius 1 is 0.600 bits per heavy atom. The van der Waals surface area contributed by atoms with Gasteiger partial charge in [0.1, 0.15) is 0 Å². The van der Waals surface area contributed by atoms with Gasteiger partial charge in [-0.15, -0.1) is 0 Å². The third-order valence-electron chi connectivity index (χ3n) is 4.50. The van der Waals surface area contributed by atoms with Gasteiger partial charge >= 0.3 is 0 Å². The van der Waals surface area contributed by atoms with Crippen LogP contribution in [-0.4, -0.2) is 83.5 Å². The van der Waals surface area contributed by atoms with E-state index in [1.165, 1.54) is 0 Å². The highest BCUT2D eigenvalue weighted by Crippen LogP contribution is 2.43. The number of hydrogen-bond donors (Lipinski definition) is 5. The Labute approximate surface area is 143 Å². The van der Waals surface area contributed by atoms with Crippen LogP contribution >= 0.6 is 0 Å². The van der Waals surface area contributed by atoms with Crippen molar-refractivity contribution in [2.75, 3.05) is 6.61 Å². The summed E-state index contributed by atoms with van der Waals surface area (Å²) in [6.07, 6.45) is 0. The molecule has 0 spiro atoms. The maximum absolute atomic E-state index is 12.1. The molecule has 0 heterocycles. The van der Waals surface area contributed by atoms with Crippen LogP contribution in [0.1, 0.15) is 34.6 Å². The lowest BCUT2D eigenvalue weighted by Gasteiger charge is -2.52. The Bertz CT molecular complexity index is 624. The Morgan fingerprint density at radius 2 is 0.920 bits per heavy atom. The zero-order valence-corrected chi connectivity index (χ0v) is 14.5. The highest BCUT2D eigenvalue weighted by Gasteiger charge is 2.78. The van der Waals surface area contributed by atoms with Gasteiger partial charge in [-0.2, -0.15) is 0 Å². The van der Waals surface area contributed by atoms with Crippen molar-refractivity contribution in [3.05, 3.63) is 0 Å². The van der Waals surface area contributed by atoms with Gasteiger partial charge in [0.2, 0.25) is 16.8 Å². The number of carbonyl (C=O) groups is 5. The zero-order chi connectivity index (χ0) is 20.6. The fraction of sp³-hybridized carbons (Fsp3) is 0.667. The quantitative estimate of drug-likeness (QED) is 0.262. The van der Waals surface area contributed by atoms with Gasteiger partial charge in [-0.25, -0.2) is 0 Å². The fourth-order valence-corrected chi connectivity index (χ4v) is 2.85. The van der Waals surface area contributed by atoms with Crippen molar-refractivity contribution in [2.24, 2.45) is 0 Å². The first-order valence-corrected chi connectivity index (χ1v) is 7.08. The van der Waals surface area contributed by atoms with Crippen molar-refractivity contribution in [3.63, 3.8) is 0 Å². The summed E-state index contributed by atoms with van der Waals surface area (Å²) in [6.45, 7) is 1.16. The Hall–Kier alpha value is -1.85. The molecule has 0 aromatic carbocycles. The van der Waals surface area contributed by atoms with Crippen LogP contribution in [0.4, 0.5) is 0 Å². The molecular weight excluding hydrogens is 340 g/mol. The van der Waals surface area contributed by atoms with E-state index in [2.05, 4.69) is 0 Å². The molecular formula is C15H22O10. The first-order valence-electron chi connectivity index (χ1n) is 7.08. The topological polar surface area (TPSA) is 186 Å². The van der Waals surface area contributed by atoms with E-state index in [0.29, 0.717) is 34.6 Å². The average molecular weight is 362 g/mol. The fourth-order valence-electron chi connectivity index (χ4n) is 2.85. The van der Waals surface area contributed by atoms with E-state index < -0.39 is 57.9 Å². The molecule has 0 aliphatic rings. The van der Waals surface area contributed by atoms with E-state index >= 15 is 0 Å². The molecule has 0 bridgehead atoms. The Balaban J connectivity index is 7.44. The Kier molecular flexibility index (Phi) is 6.30. The molecule has 0 aliphatic heterocycles. The van der Waals surface area contributed by atoms with E-state index in [1.54, 1.807) is 0 Å². The van der Waals surface area contributed by atoms with Gasteiger partial charge in [0, 0.05) is 0 Å². The summed E-state index contributed by atoms with van der Waals surface area (Å²) >= 11 is 0. The van der Waals surface area contributed by atoms with Crippen molar-refractivity contribution in [1.82, 2.24) is 0 Å². The predicted molar refractivity (Wildman–Crippen MR) is 80.3 cm³/mol. The summed E-state index contributed by atoms with van der Waals surface area (Å²) in [6, 6.07) is 0. The average Bonchev–Trinajstić information content (AvgIpc) is 2.49. The number of rotatable bonds is 9. The second kappa shape index (κ2) is 6.81. The van der Waals surface area contributed by atoms with Gasteiger partial charge < -0.3 is 25.5 Å². The molecule has 0 unspecified atom stereocenters. The largest absolute Gasteiger partial charge is 0.393 e. The summed E-state index contributed by atoms with van der Waals surface area (Å²) in [5, 5.41) is 51.9. The summed E-state index contributed by atoms with van der Waals surface area (Å²) in [5.74, 6) is -7.88. The maximum Gasteiger partial charge on any atom is 0.220 e. The summed E-state index contributed by atoms with van der Waals surface area (Å²) < 4.78 is 0. The highest BCUT2D eigenvalue weighted by atomic mass is 16.4. The molecule has 5 N–H and O–H groups in total. The first kappa shape index (κ1) is 23.1. The number of hydrogen-bond acceptors (Lipinski definition) is 10. The second-order valence-electron chi connectivity index (χ2n) is 5.93. The third kappa shape index (κ3) is 2.66. The molecule has 25 heavy (non-hydrogen) atoms. The molecule has 0 saturated carbocycles. The summed E-state index contributed by atoms with van der Waals surface area (Å²) in [5.41, 5.74) is -15.1. The lowest BCUT2D eigenvalue weighted by molar-refractivity contribution is -0.264. The lowest BCUT2D eigenvalue weighted by Crippen LogP contribution is -2.85. The molecule has 10 heteroatoms. The maximum atomic E-state index is 12.1. The number of Topliss-reactive ketones (excluding diaryl/α,β-unsaturated/α-hetero) is 5. The standard InChI is InChI=1S/C15H22O10/c1-7(17)12(22,6-16)14(24,10(4)20)15(25,11(5)21)13(23,8(2)18)9(3)19/h16,22-25H,6H2,1-5H3/t12-,14+,15+/m0/s1. The zero-order valence-electron chi connectivity index (χ0n) is 14.5. The van der Waals surface area contributed by atoms with Crippen LogP contribution in [0.5, 0.6) is 0 Å². The summed E-state index contributed by atoms with van der Waals surface area (Å²) in [4.78, 5) is 59.8. The van der Waals surface area contributed by atoms with Crippen molar-refractivity contribution in [1.29, 1.82) is 0 Å². The minimum Gasteiger partial charge on any atom is -0.393 e. The highest BCUT2D eigenvalue weighted by molar-refractivity contribution is 6.18. The second-order valence-corrected chi connectivity index (χ2v) is 5.93. The van der Waals surface area contributed by atoms with E-state index in [1.807, 2.05) is 0 Å². The van der Waals surface area contributed by atoms with E-state index in [4.69, 9.17) is 0 Å². The van der Waals surface area contributed by atoms with Crippen molar-refractivity contribution < 1.29 is 49.5 Å². The Morgan fingerprint density at radius 3 is 1.08 bits per heavy atom. The van der Waals surface area contributed by atoms with Crippen LogP contribution in [0.2, 0.25) is 0 Å². The van der Waals surface area contributed by atoms with Crippen LogP contribution in [-0.2, 0) is 24.0 Å². The van der Waals surface area contributed by atoms with E-state index in [9.17, 15) is 49.5 Å². The molecule has 0 amide bonds. The molecule has 0 aromatic rings. The predicted octanol–water partition coefficient (Wildman–Crippen LogP) is -3.15. The minimum absolute atomic E-state index is 0.517. The van der Waals surface area contributed by atoms with Crippen LogP contribution in [0, 0.1) is 0 Å². The monoisotopic (exact) mass is 362 g/mol.